The fourth-order valence-corrected chi connectivity index (χ4v) is 4.73. The number of imidazole rings is 1. The van der Waals surface area contributed by atoms with Crippen LogP contribution >= 0.6 is 0 Å². The van der Waals surface area contributed by atoms with E-state index in [1.807, 2.05) is 19.1 Å². The van der Waals surface area contributed by atoms with Crippen LogP contribution in [0.4, 0.5) is 5.82 Å². The van der Waals surface area contributed by atoms with Crippen LogP contribution < -0.4 is 16.1 Å². The molecule has 5 rings (SSSR count). The molecule has 0 aliphatic carbocycles. The highest BCUT2D eigenvalue weighted by Gasteiger charge is 2.36. The molecule has 2 aliphatic rings. The van der Waals surface area contributed by atoms with Crippen molar-refractivity contribution in [3.05, 3.63) is 54.2 Å². The van der Waals surface area contributed by atoms with Crippen molar-refractivity contribution in [1.29, 1.82) is 0 Å². The zero-order valence-electron chi connectivity index (χ0n) is 17.5. The van der Waals surface area contributed by atoms with E-state index < -0.39 is 0 Å². The van der Waals surface area contributed by atoms with Gasteiger partial charge in [0, 0.05) is 57.5 Å². The normalized spacial score (nSPS) is 18.8. The van der Waals surface area contributed by atoms with Gasteiger partial charge in [0.05, 0.1) is 0 Å². The van der Waals surface area contributed by atoms with E-state index in [1.54, 1.807) is 6.33 Å². The first-order valence-corrected chi connectivity index (χ1v) is 10.5. The van der Waals surface area contributed by atoms with Gasteiger partial charge < -0.3 is 20.2 Å². The Balaban J connectivity index is 1.46. The number of anilines is 1. The van der Waals surface area contributed by atoms with Crippen LogP contribution in [0.2, 0.25) is 0 Å². The number of nitrogens with zero attached hydrogens (tertiary/aromatic N) is 6. The predicted octanol–water partition coefficient (Wildman–Crippen LogP) is 1.65. The van der Waals surface area contributed by atoms with Crippen LogP contribution in [0.15, 0.2) is 42.9 Å². The second kappa shape index (κ2) is 7.37. The molecule has 0 atom stereocenters. The largest absolute Gasteiger partial charge is 0.355 e. The van der Waals surface area contributed by atoms with Crippen LogP contribution in [0.5, 0.6) is 0 Å². The minimum absolute atomic E-state index is 0.0318. The number of fused-ring (bicyclic) bond motifs is 1. The number of hydrazine groups is 1. The highest BCUT2D eigenvalue weighted by molar-refractivity contribution is 5.86. The highest BCUT2D eigenvalue weighted by Crippen LogP contribution is 2.37. The smallest absolute Gasteiger partial charge is 0.165 e. The van der Waals surface area contributed by atoms with Crippen LogP contribution in [0, 0.1) is 0 Å². The fraction of sp³-hybridized carbons (Fsp3) is 0.409. The standard InChI is InChI=1S/C22H28N8/c1-28-13-16(12-26-28)19-27-18-20(29(19)2)24-15-25-21(18)30-10-8-22(14-23,9-11-30)17-6-4-3-5-7-17/h3-7,13,15,26H,8-12,14,23H2,1-2H3. The summed E-state index contributed by atoms with van der Waals surface area (Å²) in [5.74, 6) is 1.85. The van der Waals surface area contributed by atoms with Crippen molar-refractivity contribution in [3.63, 3.8) is 0 Å². The lowest BCUT2D eigenvalue weighted by atomic mass is 9.73. The molecule has 3 aromatic rings. The van der Waals surface area contributed by atoms with Crippen molar-refractivity contribution in [3.8, 4) is 0 Å². The molecule has 156 valence electrons. The second-order valence-corrected chi connectivity index (χ2v) is 8.30. The number of aromatic nitrogens is 4. The molecule has 2 aliphatic heterocycles. The van der Waals surface area contributed by atoms with Gasteiger partial charge in [0.15, 0.2) is 17.0 Å². The SMILES string of the molecule is CN1C=C(c2nc3c(N4CCC(CN)(c5ccccc5)CC4)ncnc3n2C)CN1. The molecule has 1 fully saturated rings. The Morgan fingerprint density at radius 3 is 2.53 bits per heavy atom. The van der Waals surface area contributed by atoms with Crippen LogP contribution in [0.1, 0.15) is 24.2 Å². The van der Waals surface area contributed by atoms with Crippen molar-refractivity contribution in [1.82, 2.24) is 30.0 Å². The Bertz CT molecular complexity index is 1080. The third kappa shape index (κ3) is 3.03. The monoisotopic (exact) mass is 404 g/mol. The Labute approximate surface area is 176 Å². The maximum Gasteiger partial charge on any atom is 0.165 e. The van der Waals surface area contributed by atoms with Gasteiger partial charge in [-0.1, -0.05) is 30.3 Å². The lowest BCUT2D eigenvalue weighted by molar-refractivity contribution is 0.339. The van der Waals surface area contributed by atoms with Gasteiger partial charge in [-0.05, 0) is 18.4 Å². The van der Waals surface area contributed by atoms with E-state index >= 15 is 0 Å². The first kappa shape index (κ1) is 19.0. The van der Waals surface area contributed by atoms with E-state index in [2.05, 4.69) is 61.4 Å². The fourth-order valence-electron chi connectivity index (χ4n) is 4.73. The number of nitrogens with two attached hydrogens (primary N) is 1. The van der Waals surface area contributed by atoms with Crippen LogP contribution in [0.3, 0.4) is 0 Å². The summed E-state index contributed by atoms with van der Waals surface area (Å²) in [6, 6.07) is 10.7. The summed E-state index contributed by atoms with van der Waals surface area (Å²) in [7, 11) is 4.01. The third-order valence-electron chi connectivity index (χ3n) is 6.59. The number of hydrogen-bond acceptors (Lipinski definition) is 7. The quantitative estimate of drug-likeness (QED) is 0.684. The van der Waals surface area contributed by atoms with E-state index in [9.17, 15) is 0 Å². The number of aryl methyl sites for hydroxylation is 1. The maximum atomic E-state index is 6.27. The van der Waals surface area contributed by atoms with Gasteiger partial charge in [0.1, 0.15) is 12.2 Å². The van der Waals surface area contributed by atoms with Gasteiger partial charge in [0.25, 0.3) is 0 Å². The van der Waals surface area contributed by atoms with Gasteiger partial charge in [-0.3, -0.25) is 0 Å². The summed E-state index contributed by atoms with van der Waals surface area (Å²) in [5, 5.41) is 1.96. The average molecular weight is 405 g/mol. The highest BCUT2D eigenvalue weighted by atomic mass is 15.5. The first-order chi connectivity index (χ1) is 14.6. The summed E-state index contributed by atoms with van der Waals surface area (Å²) in [4.78, 5) is 16.4. The Morgan fingerprint density at radius 1 is 1.10 bits per heavy atom. The molecule has 3 N–H and O–H groups in total. The summed E-state index contributed by atoms with van der Waals surface area (Å²) in [5.41, 5.74) is 13.8. The molecule has 1 aromatic carbocycles. The van der Waals surface area contributed by atoms with E-state index in [0.717, 1.165) is 60.9 Å². The Hall–Kier alpha value is -2.97. The molecule has 4 heterocycles. The van der Waals surface area contributed by atoms with Crippen molar-refractivity contribution >= 4 is 22.6 Å². The topological polar surface area (TPSA) is 88.1 Å². The van der Waals surface area contributed by atoms with Gasteiger partial charge in [-0.15, -0.1) is 0 Å². The molecule has 0 amide bonds. The van der Waals surface area contributed by atoms with Crippen LogP contribution in [-0.4, -0.2) is 57.8 Å². The zero-order valence-corrected chi connectivity index (χ0v) is 17.5. The van der Waals surface area contributed by atoms with Crippen molar-refractivity contribution in [2.45, 2.75) is 18.3 Å². The minimum Gasteiger partial charge on any atom is -0.355 e. The molecule has 1 saturated heterocycles. The molecular weight excluding hydrogens is 376 g/mol. The predicted molar refractivity (Wildman–Crippen MR) is 119 cm³/mol. The van der Waals surface area contributed by atoms with E-state index in [1.165, 1.54) is 5.56 Å². The lowest BCUT2D eigenvalue weighted by Gasteiger charge is -2.42. The summed E-state index contributed by atoms with van der Waals surface area (Å²) in [6.45, 7) is 3.22. The number of rotatable bonds is 4. The minimum atomic E-state index is 0.0318. The van der Waals surface area contributed by atoms with E-state index in [0.29, 0.717) is 6.54 Å². The molecular formula is C22H28N8. The molecule has 30 heavy (non-hydrogen) atoms. The van der Waals surface area contributed by atoms with Gasteiger partial charge >= 0.3 is 0 Å². The van der Waals surface area contributed by atoms with E-state index in [4.69, 9.17) is 10.7 Å². The van der Waals surface area contributed by atoms with Crippen LogP contribution in [0.25, 0.3) is 16.7 Å². The molecule has 0 saturated carbocycles. The van der Waals surface area contributed by atoms with Gasteiger partial charge in [0.2, 0.25) is 0 Å². The second-order valence-electron chi connectivity index (χ2n) is 8.30. The molecule has 2 aromatic heterocycles. The summed E-state index contributed by atoms with van der Waals surface area (Å²) < 4.78 is 2.06. The average Bonchev–Trinajstić information content (AvgIpc) is 3.37. The van der Waals surface area contributed by atoms with E-state index in [-0.39, 0.29) is 5.41 Å². The maximum absolute atomic E-state index is 6.27. The molecule has 0 radical (unpaired) electrons. The van der Waals surface area contributed by atoms with Crippen molar-refractivity contribution in [2.75, 3.05) is 38.1 Å². The third-order valence-corrected chi connectivity index (χ3v) is 6.59. The number of hydrogen-bond donors (Lipinski definition) is 2. The van der Waals surface area contributed by atoms with Gasteiger partial charge in [-0.2, -0.15) is 0 Å². The summed E-state index contributed by atoms with van der Waals surface area (Å²) >= 11 is 0. The number of benzene rings is 1. The van der Waals surface area contributed by atoms with Gasteiger partial charge in [-0.25, -0.2) is 20.4 Å². The van der Waals surface area contributed by atoms with Crippen LogP contribution in [-0.2, 0) is 12.5 Å². The van der Waals surface area contributed by atoms with Crippen molar-refractivity contribution < 1.29 is 0 Å². The van der Waals surface area contributed by atoms with Crippen molar-refractivity contribution in [2.24, 2.45) is 12.8 Å². The summed E-state index contributed by atoms with van der Waals surface area (Å²) in [6.07, 6.45) is 5.72. The molecule has 8 heteroatoms. The molecule has 0 unspecified atom stereocenters. The lowest BCUT2D eigenvalue weighted by Crippen LogP contribution is -2.47. The Kier molecular flexibility index (Phi) is 4.67. The Morgan fingerprint density at radius 2 is 1.87 bits per heavy atom. The molecule has 0 bridgehead atoms. The number of nitrogens with one attached hydrogen (secondary N) is 1. The molecule has 0 spiro atoms. The molecule has 8 nitrogen and oxygen atoms in total. The number of piperidine rings is 1. The zero-order chi connectivity index (χ0) is 20.7. The first-order valence-electron chi connectivity index (χ1n) is 10.5.